The van der Waals surface area contributed by atoms with Gasteiger partial charge in [0.05, 0.1) is 15.6 Å². The van der Waals surface area contributed by atoms with Crippen LogP contribution in [0.2, 0.25) is 15.1 Å². The summed E-state index contributed by atoms with van der Waals surface area (Å²) in [4.78, 5) is 28.6. The van der Waals surface area contributed by atoms with Crippen molar-refractivity contribution in [1.29, 1.82) is 0 Å². The highest BCUT2D eigenvalue weighted by Gasteiger charge is 2.35. The first kappa shape index (κ1) is 31.7. The number of anilines is 1. The molecule has 0 unspecified atom stereocenters. The molecule has 1 atom stereocenters. The molecule has 11 heteroatoms. The van der Waals surface area contributed by atoms with Crippen LogP contribution in [0.3, 0.4) is 0 Å². The average Bonchev–Trinajstić information content (AvgIpc) is 2.89. The van der Waals surface area contributed by atoms with E-state index in [1.807, 2.05) is 20.8 Å². The molecular formula is C29H32Cl3N3O4S. The second-order valence-corrected chi connectivity index (χ2v) is 12.7. The van der Waals surface area contributed by atoms with Gasteiger partial charge in [-0.3, -0.25) is 13.9 Å². The zero-order valence-corrected chi connectivity index (χ0v) is 25.8. The molecule has 0 saturated carbocycles. The summed E-state index contributed by atoms with van der Waals surface area (Å²) in [6.45, 7) is 6.62. The first-order chi connectivity index (χ1) is 18.8. The van der Waals surface area contributed by atoms with E-state index in [1.54, 1.807) is 43.3 Å². The fourth-order valence-electron chi connectivity index (χ4n) is 4.14. The van der Waals surface area contributed by atoms with Crippen LogP contribution in [0.25, 0.3) is 0 Å². The van der Waals surface area contributed by atoms with Gasteiger partial charge in [0.25, 0.3) is 10.0 Å². The Morgan fingerprint density at radius 2 is 1.57 bits per heavy atom. The maximum absolute atomic E-state index is 14.1. The van der Waals surface area contributed by atoms with Crippen molar-refractivity contribution >= 4 is 62.3 Å². The van der Waals surface area contributed by atoms with Crippen LogP contribution >= 0.6 is 34.8 Å². The third-order valence-corrected chi connectivity index (χ3v) is 8.88. The maximum Gasteiger partial charge on any atom is 0.264 e. The van der Waals surface area contributed by atoms with Crippen LogP contribution in [0.1, 0.15) is 38.3 Å². The van der Waals surface area contributed by atoms with E-state index in [0.717, 1.165) is 9.87 Å². The van der Waals surface area contributed by atoms with Crippen molar-refractivity contribution in [3.8, 4) is 0 Å². The van der Waals surface area contributed by atoms with Crippen molar-refractivity contribution in [2.24, 2.45) is 0 Å². The first-order valence-corrected chi connectivity index (χ1v) is 15.3. The summed E-state index contributed by atoms with van der Waals surface area (Å²) in [6.07, 6.45) is 0.289. The highest BCUT2D eigenvalue weighted by atomic mass is 35.5. The lowest BCUT2D eigenvalue weighted by Crippen LogP contribution is -2.53. The van der Waals surface area contributed by atoms with E-state index in [-0.39, 0.29) is 45.5 Å². The number of amides is 2. The molecule has 214 valence electrons. The number of benzene rings is 3. The second-order valence-electron chi connectivity index (χ2n) is 9.62. The van der Waals surface area contributed by atoms with Crippen molar-refractivity contribution in [3.63, 3.8) is 0 Å². The van der Waals surface area contributed by atoms with Crippen molar-refractivity contribution in [2.45, 2.75) is 57.6 Å². The standard InChI is InChI=1S/C29H32Cl3N3O4S/c1-5-26(29(37)33-19(2)3)34(17-21-8-6-7-9-24(21)31)28(36)18-35(27-16-22(30)12-15-25(27)32)40(38,39)23-13-10-20(4)11-14-23/h6-16,19,26H,5,17-18H2,1-4H3,(H,33,37)/t26-/m1/s1. The van der Waals surface area contributed by atoms with Gasteiger partial charge < -0.3 is 10.2 Å². The fraction of sp³-hybridized carbons (Fsp3) is 0.310. The van der Waals surface area contributed by atoms with Gasteiger partial charge in [-0.1, -0.05) is 77.6 Å². The molecule has 0 fully saturated rings. The van der Waals surface area contributed by atoms with Gasteiger partial charge >= 0.3 is 0 Å². The molecule has 0 saturated heterocycles. The van der Waals surface area contributed by atoms with E-state index in [0.29, 0.717) is 10.6 Å². The average molecular weight is 625 g/mol. The Labute approximate surface area is 251 Å². The Kier molecular flexibility index (Phi) is 10.9. The smallest absolute Gasteiger partial charge is 0.264 e. The highest BCUT2D eigenvalue weighted by molar-refractivity contribution is 7.92. The molecule has 7 nitrogen and oxygen atoms in total. The van der Waals surface area contributed by atoms with Crippen LogP contribution in [-0.2, 0) is 26.2 Å². The Bertz CT molecular complexity index is 1460. The van der Waals surface area contributed by atoms with E-state index < -0.39 is 28.5 Å². The van der Waals surface area contributed by atoms with Crippen LogP contribution in [0, 0.1) is 6.92 Å². The van der Waals surface area contributed by atoms with Crippen molar-refractivity contribution < 1.29 is 18.0 Å². The second kappa shape index (κ2) is 13.7. The molecule has 0 aliphatic heterocycles. The van der Waals surface area contributed by atoms with Gasteiger partial charge in [-0.25, -0.2) is 8.42 Å². The van der Waals surface area contributed by atoms with Crippen LogP contribution in [-0.4, -0.2) is 43.8 Å². The molecular weight excluding hydrogens is 593 g/mol. The number of nitrogens with one attached hydrogen (secondary N) is 1. The van der Waals surface area contributed by atoms with E-state index in [4.69, 9.17) is 34.8 Å². The van der Waals surface area contributed by atoms with Gasteiger partial charge in [-0.2, -0.15) is 0 Å². The van der Waals surface area contributed by atoms with E-state index in [9.17, 15) is 18.0 Å². The summed E-state index contributed by atoms with van der Waals surface area (Å²) in [5.74, 6) is -0.968. The van der Waals surface area contributed by atoms with Gasteiger partial charge in [0, 0.05) is 22.6 Å². The summed E-state index contributed by atoms with van der Waals surface area (Å²) in [5.41, 5.74) is 1.53. The molecule has 40 heavy (non-hydrogen) atoms. The Hall–Kier alpha value is -2.78. The Balaban J connectivity index is 2.12. The van der Waals surface area contributed by atoms with E-state index in [1.165, 1.54) is 35.2 Å². The first-order valence-electron chi connectivity index (χ1n) is 12.7. The number of carbonyl (C=O) groups excluding carboxylic acids is 2. The van der Waals surface area contributed by atoms with Gasteiger partial charge in [-0.15, -0.1) is 0 Å². The molecule has 3 aromatic rings. The molecule has 2 amide bonds. The lowest BCUT2D eigenvalue weighted by molar-refractivity contribution is -0.140. The minimum atomic E-state index is -4.28. The SMILES string of the molecule is CC[C@H](C(=O)NC(C)C)N(Cc1ccccc1Cl)C(=O)CN(c1cc(Cl)ccc1Cl)S(=O)(=O)c1ccc(C)cc1. The summed E-state index contributed by atoms with van der Waals surface area (Å²) in [5, 5.41) is 3.61. The molecule has 0 spiro atoms. The van der Waals surface area contributed by atoms with Crippen LogP contribution in [0.15, 0.2) is 71.6 Å². The summed E-state index contributed by atoms with van der Waals surface area (Å²) < 4.78 is 28.8. The quantitative estimate of drug-likeness (QED) is 0.265. The maximum atomic E-state index is 14.1. The number of rotatable bonds is 11. The van der Waals surface area contributed by atoms with Crippen LogP contribution in [0.4, 0.5) is 5.69 Å². The molecule has 0 heterocycles. The van der Waals surface area contributed by atoms with Crippen LogP contribution < -0.4 is 9.62 Å². The number of sulfonamides is 1. The molecule has 3 rings (SSSR count). The Morgan fingerprint density at radius 1 is 0.925 bits per heavy atom. The lowest BCUT2D eigenvalue weighted by atomic mass is 10.1. The third kappa shape index (κ3) is 7.69. The predicted octanol–water partition coefficient (Wildman–Crippen LogP) is 6.48. The molecule has 0 aliphatic carbocycles. The third-order valence-electron chi connectivity index (χ3n) is 6.18. The largest absolute Gasteiger partial charge is 0.352 e. The van der Waals surface area contributed by atoms with Crippen molar-refractivity contribution in [3.05, 3.63) is 92.9 Å². The van der Waals surface area contributed by atoms with Gasteiger partial charge in [-0.05, 0) is 69.2 Å². The zero-order valence-electron chi connectivity index (χ0n) is 22.7. The van der Waals surface area contributed by atoms with Gasteiger partial charge in [0.15, 0.2) is 0 Å². The van der Waals surface area contributed by atoms with Gasteiger partial charge in [0.2, 0.25) is 11.8 Å². The van der Waals surface area contributed by atoms with E-state index >= 15 is 0 Å². The molecule has 0 aliphatic rings. The topological polar surface area (TPSA) is 86.8 Å². The number of aryl methyl sites for hydroxylation is 1. The minimum Gasteiger partial charge on any atom is -0.352 e. The molecule has 0 bridgehead atoms. The fourth-order valence-corrected chi connectivity index (χ4v) is 6.19. The number of halogens is 3. The highest BCUT2D eigenvalue weighted by Crippen LogP contribution is 2.33. The molecule has 3 aromatic carbocycles. The molecule has 0 radical (unpaired) electrons. The van der Waals surface area contributed by atoms with Crippen molar-refractivity contribution in [1.82, 2.24) is 10.2 Å². The molecule has 1 N–H and O–H groups in total. The summed E-state index contributed by atoms with van der Waals surface area (Å²) in [7, 11) is -4.28. The summed E-state index contributed by atoms with van der Waals surface area (Å²) in [6, 6.07) is 16.6. The number of hydrogen-bond donors (Lipinski definition) is 1. The lowest BCUT2D eigenvalue weighted by Gasteiger charge is -2.34. The monoisotopic (exact) mass is 623 g/mol. The zero-order chi connectivity index (χ0) is 29.6. The number of carbonyl (C=O) groups is 2. The van der Waals surface area contributed by atoms with Crippen LogP contribution in [0.5, 0.6) is 0 Å². The van der Waals surface area contributed by atoms with Crippen molar-refractivity contribution in [2.75, 3.05) is 10.8 Å². The van der Waals surface area contributed by atoms with Gasteiger partial charge in [0.1, 0.15) is 12.6 Å². The number of hydrogen-bond acceptors (Lipinski definition) is 4. The Morgan fingerprint density at radius 3 is 2.17 bits per heavy atom. The minimum absolute atomic E-state index is 0.00970. The van der Waals surface area contributed by atoms with E-state index in [2.05, 4.69) is 5.32 Å². The normalized spacial score (nSPS) is 12.2. The summed E-state index contributed by atoms with van der Waals surface area (Å²) >= 11 is 19.1. The number of nitrogens with zero attached hydrogens (tertiary/aromatic N) is 2. The molecule has 0 aromatic heterocycles. The predicted molar refractivity (Wildman–Crippen MR) is 162 cm³/mol.